The maximum Gasteiger partial charge on any atom is 0.243 e. The predicted molar refractivity (Wildman–Crippen MR) is 91.3 cm³/mol. The quantitative estimate of drug-likeness (QED) is 0.832. The molecule has 1 aliphatic rings. The standard InChI is InChI=1S/C16H19ClN2O3S/c1-16(2,23(3,21)22)15(20)18-6-7-19-13(10-18)9-11-8-12(17)4-5-14(11)19/h4-5,8-9H,6-7,10H2,1-3H3. The maximum absolute atomic E-state index is 12.7. The molecule has 3 rings (SSSR count). The molecule has 0 saturated carbocycles. The normalized spacial score (nSPS) is 15.7. The van der Waals surface area contributed by atoms with Crippen LogP contribution in [-0.4, -0.2) is 41.3 Å². The Kier molecular flexibility index (Phi) is 3.72. The van der Waals surface area contributed by atoms with Gasteiger partial charge in [-0.05, 0) is 38.1 Å². The fraction of sp³-hybridized carbons (Fsp3) is 0.438. The lowest BCUT2D eigenvalue weighted by Gasteiger charge is -2.34. The summed E-state index contributed by atoms with van der Waals surface area (Å²) in [5, 5.41) is 1.70. The fourth-order valence-corrected chi connectivity index (χ4v) is 3.53. The topological polar surface area (TPSA) is 59.4 Å². The zero-order chi connectivity index (χ0) is 17.0. The molecule has 1 aromatic heterocycles. The second kappa shape index (κ2) is 5.24. The Labute approximate surface area is 140 Å². The van der Waals surface area contributed by atoms with Crippen LogP contribution in [0.2, 0.25) is 5.02 Å². The highest BCUT2D eigenvalue weighted by atomic mass is 35.5. The summed E-state index contributed by atoms with van der Waals surface area (Å²) in [6, 6.07) is 7.73. The van der Waals surface area contributed by atoms with Gasteiger partial charge in [0.1, 0.15) is 4.75 Å². The minimum atomic E-state index is -3.47. The average molecular weight is 355 g/mol. The van der Waals surface area contributed by atoms with Gasteiger partial charge in [-0.15, -0.1) is 0 Å². The number of carbonyl (C=O) groups is 1. The first-order valence-corrected chi connectivity index (χ1v) is 9.65. The number of nitrogens with zero attached hydrogens (tertiary/aromatic N) is 2. The molecule has 1 aromatic carbocycles. The van der Waals surface area contributed by atoms with Crippen molar-refractivity contribution >= 4 is 38.2 Å². The van der Waals surface area contributed by atoms with Crippen LogP contribution in [-0.2, 0) is 27.7 Å². The highest BCUT2D eigenvalue weighted by molar-refractivity contribution is 7.92. The van der Waals surface area contributed by atoms with Crippen LogP contribution in [0.5, 0.6) is 0 Å². The summed E-state index contributed by atoms with van der Waals surface area (Å²) in [5.41, 5.74) is 2.07. The molecule has 7 heteroatoms. The van der Waals surface area contributed by atoms with Gasteiger partial charge in [-0.25, -0.2) is 8.42 Å². The summed E-state index contributed by atoms with van der Waals surface area (Å²) >= 11 is 6.03. The Bertz CT molecular complexity index is 899. The molecule has 0 N–H and O–H groups in total. The third-order valence-corrected chi connectivity index (χ3v) is 6.89. The molecule has 0 spiro atoms. The predicted octanol–water partition coefficient (Wildman–Crippen LogP) is 2.46. The highest BCUT2D eigenvalue weighted by Gasteiger charge is 2.42. The number of aromatic nitrogens is 1. The summed E-state index contributed by atoms with van der Waals surface area (Å²) in [6.07, 6.45) is 1.10. The SMILES string of the molecule is CC(C)(C(=O)N1CCn2c(cc3cc(Cl)ccc32)C1)S(C)(=O)=O. The Hall–Kier alpha value is -1.53. The number of fused-ring (bicyclic) bond motifs is 3. The first-order chi connectivity index (χ1) is 10.6. The molecule has 0 atom stereocenters. The van der Waals surface area contributed by atoms with E-state index in [0.717, 1.165) is 22.9 Å². The molecule has 2 heterocycles. The molecular formula is C16H19ClN2O3S. The van der Waals surface area contributed by atoms with Crippen LogP contribution < -0.4 is 0 Å². The third-order valence-electron chi connectivity index (χ3n) is 4.62. The molecule has 0 unspecified atom stereocenters. The van der Waals surface area contributed by atoms with E-state index < -0.39 is 14.6 Å². The van der Waals surface area contributed by atoms with Crippen molar-refractivity contribution in [1.29, 1.82) is 0 Å². The van der Waals surface area contributed by atoms with E-state index in [4.69, 9.17) is 11.6 Å². The average Bonchev–Trinajstić information content (AvgIpc) is 2.81. The van der Waals surface area contributed by atoms with Crippen LogP contribution >= 0.6 is 11.6 Å². The molecular weight excluding hydrogens is 336 g/mol. The Morgan fingerprint density at radius 1 is 1.22 bits per heavy atom. The van der Waals surface area contributed by atoms with E-state index in [1.807, 2.05) is 24.3 Å². The van der Waals surface area contributed by atoms with Crippen LogP contribution in [0.1, 0.15) is 19.5 Å². The first kappa shape index (κ1) is 16.3. The van der Waals surface area contributed by atoms with E-state index in [9.17, 15) is 13.2 Å². The summed E-state index contributed by atoms with van der Waals surface area (Å²) in [4.78, 5) is 14.3. The summed E-state index contributed by atoms with van der Waals surface area (Å²) in [6.45, 7) is 4.48. The smallest absolute Gasteiger partial charge is 0.243 e. The minimum absolute atomic E-state index is 0.352. The molecule has 0 aliphatic carbocycles. The van der Waals surface area contributed by atoms with Crippen LogP contribution in [0.25, 0.3) is 10.9 Å². The van der Waals surface area contributed by atoms with Crippen molar-refractivity contribution in [3.63, 3.8) is 0 Å². The molecule has 1 aliphatic heterocycles. The number of hydrogen-bond donors (Lipinski definition) is 0. The van der Waals surface area contributed by atoms with E-state index in [1.165, 1.54) is 13.8 Å². The van der Waals surface area contributed by atoms with Crippen molar-refractivity contribution in [1.82, 2.24) is 9.47 Å². The molecule has 23 heavy (non-hydrogen) atoms. The lowest BCUT2D eigenvalue weighted by Crippen LogP contribution is -2.51. The summed E-state index contributed by atoms with van der Waals surface area (Å²) in [5.74, 6) is -0.352. The molecule has 1 amide bonds. The van der Waals surface area contributed by atoms with Gasteiger partial charge in [0.15, 0.2) is 9.84 Å². The number of sulfone groups is 1. The van der Waals surface area contributed by atoms with E-state index in [1.54, 1.807) is 4.90 Å². The second-order valence-corrected chi connectivity index (χ2v) is 9.50. The zero-order valence-corrected chi connectivity index (χ0v) is 14.9. The monoisotopic (exact) mass is 354 g/mol. The van der Waals surface area contributed by atoms with Gasteiger partial charge in [0.05, 0.1) is 6.54 Å². The number of halogens is 1. The molecule has 0 saturated heterocycles. The Morgan fingerprint density at radius 2 is 1.91 bits per heavy atom. The van der Waals surface area contributed by atoms with Gasteiger partial charge in [0.2, 0.25) is 5.91 Å². The van der Waals surface area contributed by atoms with Crippen molar-refractivity contribution in [2.24, 2.45) is 0 Å². The minimum Gasteiger partial charge on any atom is -0.341 e. The van der Waals surface area contributed by atoms with Crippen LogP contribution in [0.4, 0.5) is 0 Å². The van der Waals surface area contributed by atoms with E-state index in [0.29, 0.717) is 24.7 Å². The molecule has 124 valence electrons. The summed E-state index contributed by atoms with van der Waals surface area (Å²) < 4.78 is 24.5. The number of hydrogen-bond acceptors (Lipinski definition) is 3. The maximum atomic E-state index is 12.7. The summed E-state index contributed by atoms with van der Waals surface area (Å²) in [7, 11) is -3.47. The number of rotatable bonds is 2. The molecule has 0 bridgehead atoms. The Morgan fingerprint density at radius 3 is 2.57 bits per heavy atom. The van der Waals surface area contributed by atoms with Crippen molar-refractivity contribution in [2.45, 2.75) is 31.7 Å². The van der Waals surface area contributed by atoms with Crippen molar-refractivity contribution in [3.05, 3.63) is 35.0 Å². The third kappa shape index (κ3) is 2.64. The lowest BCUT2D eigenvalue weighted by atomic mass is 10.1. The van der Waals surface area contributed by atoms with Gasteiger partial charge >= 0.3 is 0 Å². The van der Waals surface area contributed by atoms with Crippen molar-refractivity contribution in [2.75, 3.05) is 12.8 Å². The van der Waals surface area contributed by atoms with Crippen LogP contribution in [0.3, 0.4) is 0 Å². The molecule has 0 radical (unpaired) electrons. The largest absolute Gasteiger partial charge is 0.341 e. The number of carbonyl (C=O) groups excluding carboxylic acids is 1. The van der Waals surface area contributed by atoms with Gasteiger partial charge in [-0.2, -0.15) is 0 Å². The van der Waals surface area contributed by atoms with Crippen molar-refractivity contribution < 1.29 is 13.2 Å². The van der Waals surface area contributed by atoms with E-state index in [2.05, 4.69) is 4.57 Å². The zero-order valence-electron chi connectivity index (χ0n) is 13.3. The van der Waals surface area contributed by atoms with Gasteiger partial charge in [-0.1, -0.05) is 11.6 Å². The van der Waals surface area contributed by atoms with Crippen LogP contribution in [0, 0.1) is 0 Å². The highest BCUT2D eigenvalue weighted by Crippen LogP contribution is 2.28. The molecule has 0 fully saturated rings. The number of benzene rings is 1. The van der Waals surface area contributed by atoms with Crippen LogP contribution in [0.15, 0.2) is 24.3 Å². The van der Waals surface area contributed by atoms with Gasteiger partial charge in [0.25, 0.3) is 0 Å². The van der Waals surface area contributed by atoms with Gasteiger partial charge in [-0.3, -0.25) is 4.79 Å². The van der Waals surface area contributed by atoms with Crippen molar-refractivity contribution in [3.8, 4) is 0 Å². The molecule has 5 nitrogen and oxygen atoms in total. The van der Waals surface area contributed by atoms with E-state index >= 15 is 0 Å². The van der Waals surface area contributed by atoms with Gasteiger partial charge < -0.3 is 9.47 Å². The molecule has 2 aromatic rings. The lowest BCUT2D eigenvalue weighted by molar-refractivity contribution is -0.134. The van der Waals surface area contributed by atoms with Gasteiger partial charge in [0, 0.05) is 41.0 Å². The number of amides is 1. The van der Waals surface area contributed by atoms with E-state index in [-0.39, 0.29) is 5.91 Å². The first-order valence-electron chi connectivity index (χ1n) is 7.38. The Balaban J connectivity index is 1.94. The fourth-order valence-electron chi connectivity index (χ4n) is 2.90. The second-order valence-electron chi connectivity index (χ2n) is 6.50.